The van der Waals surface area contributed by atoms with Crippen molar-refractivity contribution in [3.8, 4) is 0 Å². The summed E-state index contributed by atoms with van der Waals surface area (Å²) in [6.07, 6.45) is 3.51. The fourth-order valence-electron chi connectivity index (χ4n) is 1.85. The van der Waals surface area contributed by atoms with Gasteiger partial charge < -0.3 is 10.1 Å². The van der Waals surface area contributed by atoms with E-state index in [1.54, 1.807) is 11.3 Å². The first-order valence-corrected chi connectivity index (χ1v) is 7.85. The van der Waals surface area contributed by atoms with E-state index < -0.39 is 0 Å². The third-order valence-electron chi connectivity index (χ3n) is 2.76. The molecular formula is C14H26N2OS. The van der Waals surface area contributed by atoms with Gasteiger partial charge >= 0.3 is 0 Å². The maximum atomic E-state index is 5.63. The quantitative estimate of drug-likeness (QED) is 0.695. The van der Waals surface area contributed by atoms with E-state index in [1.807, 2.05) is 6.92 Å². The van der Waals surface area contributed by atoms with Gasteiger partial charge in [0.15, 0.2) is 0 Å². The molecule has 1 unspecified atom stereocenters. The van der Waals surface area contributed by atoms with E-state index in [9.17, 15) is 0 Å². The van der Waals surface area contributed by atoms with Crippen molar-refractivity contribution in [1.29, 1.82) is 0 Å². The van der Waals surface area contributed by atoms with Crippen LogP contribution in [-0.2, 0) is 17.7 Å². The second kappa shape index (κ2) is 8.62. The second-order valence-electron chi connectivity index (χ2n) is 4.45. The van der Waals surface area contributed by atoms with Gasteiger partial charge in [0.05, 0.1) is 5.69 Å². The highest BCUT2D eigenvalue weighted by Crippen LogP contribution is 2.26. The molecule has 0 spiro atoms. The Hall–Kier alpha value is -0.450. The Morgan fingerprint density at radius 3 is 2.67 bits per heavy atom. The molecule has 0 aliphatic heterocycles. The van der Waals surface area contributed by atoms with Crippen molar-refractivity contribution < 1.29 is 4.74 Å². The number of nitrogens with zero attached hydrogens (tertiary/aromatic N) is 1. The summed E-state index contributed by atoms with van der Waals surface area (Å²) in [6.45, 7) is 11.3. The summed E-state index contributed by atoms with van der Waals surface area (Å²) in [7, 11) is 0. The molecule has 0 aliphatic rings. The predicted octanol–water partition coefficient (Wildman–Crippen LogP) is 3.69. The Bertz CT molecular complexity index is 339. The topological polar surface area (TPSA) is 34.1 Å². The van der Waals surface area contributed by atoms with Crippen molar-refractivity contribution in [2.45, 2.75) is 59.6 Å². The van der Waals surface area contributed by atoms with E-state index in [4.69, 9.17) is 9.72 Å². The first-order chi connectivity index (χ1) is 8.72. The SMILES string of the molecule is CCCNCc1sc(C(C)OCC)nc1CCC. The largest absolute Gasteiger partial charge is 0.372 e. The van der Waals surface area contributed by atoms with Crippen molar-refractivity contribution in [3.05, 3.63) is 15.6 Å². The van der Waals surface area contributed by atoms with Crippen molar-refractivity contribution in [2.75, 3.05) is 13.2 Å². The first kappa shape index (κ1) is 15.6. The van der Waals surface area contributed by atoms with Gasteiger partial charge in [-0.05, 0) is 33.2 Å². The third-order valence-corrected chi connectivity index (χ3v) is 4.02. The van der Waals surface area contributed by atoms with Crippen LogP contribution in [0.4, 0.5) is 0 Å². The van der Waals surface area contributed by atoms with E-state index in [0.29, 0.717) is 0 Å². The zero-order valence-electron chi connectivity index (χ0n) is 12.1. The first-order valence-electron chi connectivity index (χ1n) is 7.03. The Morgan fingerprint density at radius 2 is 2.06 bits per heavy atom. The monoisotopic (exact) mass is 270 g/mol. The van der Waals surface area contributed by atoms with E-state index >= 15 is 0 Å². The van der Waals surface area contributed by atoms with Crippen LogP contribution in [0.25, 0.3) is 0 Å². The highest BCUT2D eigenvalue weighted by Gasteiger charge is 2.15. The summed E-state index contributed by atoms with van der Waals surface area (Å²) in [5, 5.41) is 4.58. The highest BCUT2D eigenvalue weighted by molar-refractivity contribution is 7.11. The van der Waals surface area contributed by atoms with Crippen LogP contribution in [-0.4, -0.2) is 18.1 Å². The van der Waals surface area contributed by atoms with Crippen molar-refractivity contribution in [1.82, 2.24) is 10.3 Å². The van der Waals surface area contributed by atoms with E-state index in [2.05, 4.69) is 26.1 Å². The van der Waals surface area contributed by atoms with Crippen molar-refractivity contribution >= 4 is 11.3 Å². The van der Waals surface area contributed by atoms with E-state index in [1.165, 1.54) is 17.0 Å². The van der Waals surface area contributed by atoms with Gasteiger partial charge in [-0.2, -0.15) is 0 Å². The number of nitrogens with one attached hydrogen (secondary N) is 1. The molecule has 0 saturated heterocycles. The van der Waals surface area contributed by atoms with Crippen molar-refractivity contribution in [2.24, 2.45) is 0 Å². The molecule has 1 aromatic rings. The zero-order valence-corrected chi connectivity index (χ0v) is 12.9. The lowest BCUT2D eigenvalue weighted by Gasteiger charge is -2.06. The molecule has 104 valence electrons. The average Bonchev–Trinajstić information content (AvgIpc) is 2.74. The Morgan fingerprint density at radius 1 is 1.28 bits per heavy atom. The lowest BCUT2D eigenvalue weighted by Crippen LogP contribution is -2.13. The van der Waals surface area contributed by atoms with Gasteiger partial charge in [-0.25, -0.2) is 4.98 Å². The molecule has 1 rings (SSSR count). The number of aryl methyl sites for hydroxylation is 1. The van der Waals surface area contributed by atoms with Crippen LogP contribution in [0.5, 0.6) is 0 Å². The molecule has 0 bridgehead atoms. The summed E-state index contributed by atoms with van der Waals surface area (Å²) >= 11 is 1.80. The summed E-state index contributed by atoms with van der Waals surface area (Å²) < 4.78 is 5.63. The van der Waals surface area contributed by atoms with Crippen LogP contribution in [0.2, 0.25) is 0 Å². The molecule has 0 fully saturated rings. The third kappa shape index (κ3) is 4.67. The molecule has 1 atom stereocenters. The smallest absolute Gasteiger partial charge is 0.122 e. The number of hydrogen-bond acceptors (Lipinski definition) is 4. The van der Waals surface area contributed by atoms with Gasteiger partial charge in [0.2, 0.25) is 0 Å². The van der Waals surface area contributed by atoms with Gasteiger partial charge in [0.25, 0.3) is 0 Å². The fourth-order valence-corrected chi connectivity index (χ4v) is 2.93. The normalized spacial score (nSPS) is 12.9. The Kier molecular flexibility index (Phi) is 7.47. The van der Waals surface area contributed by atoms with Crippen LogP contribution in [0.1, 0.15) is 62.2 Å². The van der Waals surface area contributed by atoms with E-state index in [0.717, 1.165) is 37.5 Å². The van der Waals surface area contributed by atoms with Gasteiger partial charge in [-0.15, -0.1) is 11.3 Å². The number of thiazole rings is 1. The summed E-state index contributed by atoms with van der Waals surface area (Å²) in [5.74, 6) is 0. The number of hydrogen-bond donors (Lipinski definition) is 1. The average molecular weight is 270 g/mol. The van der Waals surface area contributed by atoms with E-state index in [-0.39, 0.29) is 6.10 Å². The number of ether oxygens (including phenoxy) is 1. The molecule has 4 heteroatoms. The molecule has 0 aromatic carbocycles. The lowest BCUT2D eigenvalue weighted by molar-refractivity contribution is 0.0761. The molecular weight excluding hydrogens is 244 g/mol. The van der Waals surface area contributed by atoms with Gasteiger partial charge in [0, 0.05) is 18.0 Å². The number of aromatic nitrogens is 1. The predicted molar refractivity (Wildman–Crippen MR) is 78.1 cm³/mol. The zero-order chi connectivity index (χ0) is 13.4. The molecule has 0 aliphatic carbocycles. The standard InChI is InChI=1S/C14H26N2OS/c1-5-8-12-13(10-15-9-6-2)18-14(16-12)11(4)17-7-3/h11,15H,5-10H2,1-4H3. The number of rotatable bonds is 9. The van der Waals surface area contributed by atoms with Crippen LogP contribution in [0.3, 0.4) is 0 Å². The minimum absolute atomic E-state index is 0.121. The minimum atomic E-state index is 0.121. The highest BCUT2D eigenvalue weighted by atomic mass is 32.1. The molecule has 0 saturated carbocycles. The van der Waals surface area contributed by atoms with Crippen molar-refractivity contribution in [3.63, 3.8) is 0 Å². The molecule has 1 aromatic heterocycles. The van der Waals surface area contributed by atoms with Gasteiger partial charge in [-0.1, -0.05) is 20.3 Å². The summed E-state index contributed by atoms with van der Waals surface area (Å²) in [5.41, 5.74) is 1.26. The minimum Gasteiger partial charge on any atom is -0.372 e. The van der Waals surface area contributed by atoms with Crippen LogP contribution < -0.4 is 5.32 Å². The second-order valence-corrected chi connectivity index (χ2v) is 5.56. The molecule has 1 N–H and O–H groups in total. The van der Waals surface area contributed by atoms with Crippen LogP contribution in [0.15, 0.2) is 0 Å². The summed E-state index contributed by atoms with van der Waals surface area (Å²) in [4.78, 5) is 6.13. The van der Waals surface area contributed by atoms with Gasteiger partial charge in [0.1, 0.15) is 11.1 Å². The molecule has 1 heterocycles. The maximum absolute atomic E-state index is 5.63. The molecule has 0 amide bonds. The van der Waals surface area contributed by atoms with Gasteiger partial charge in [-0.3, -0.25) is 0 Å². The Balaban J connectivity index is 2.72. The van der Waals surface area contributed by atoms with Crippen LogP contribution >= 0.6 is 11.3 Å². The summed E-state index contributed by atoms with van der Waals surface area (Å²) in [6, 6.07) is 0. The Labute approximate surface area is 115 Å². The molecule has 0 radical (unpaired) electrons. The molecule has 3 nitrogen and oxygen atoms in total. The van der Waals surface area contributed by atoms with Crippen LogP contribution in [0, 0.1) is 0 Å². The maximum Gasteiger partial charge on any atom is 0.122 e. The fraction of sp³-hybridized carbons (Fsp3) is 0.786. The molecule has 18 heavy (non-hydrogen) atoms. The lowest BCUT2D eigenvalue weighted by atomic mass is 10.2.